The highest BCUT2D eigenvalue weighted by molar-refractivity contribution is 5.85. The quantitative estimate of drug-likeness (QED) is 0.911. The number of pyridine rings is 1. The van der Waals surface area contributed by atoms with Gasteiger partial charge in [0.1, 0.15) is 0 Å². The van der Waals surface area contributed by atoms with Crippen LogP contribution < -0.4 is 10.5 Å². The molecule has 2 N–H and O–H groups in total. The van der Waals surface area contributed by atoms with E-state index in [0.29, 0.717) is 12.4 Å². The minimum Gasteiger partial charge on any atom is -0.481 e. The highest BCUT2D eigenvalue weighted by Crippen LogP contribution is 2.19. The van der Waals surface area contributed by atoms with E-state index in [1.54, 1.807) is 7.11 Å². The molecular weight excluding hydrogens is 236 g/mol. The zero-order chi connectivity index (χ0) is 11.4. The van der Waals surface area contributed by atoms with Gasteiger partial charge in [-0.25, -0.2) is 4.98 Å². The number of ether oxygens (including phenoxy) is 1. The maximum Gasteiger partial charge on any atom is 0.213 e. The van der Waals surface area contributed by atoms with Gasteiger partial charge in [-0.2, -0.15) is 0 Å². The summed E-state index contributed by atoms with van der Waals surface area (Å²) in [6.45, 7) is 0.561. The van der Waals surface area contributed by atoms with Gasteiger partial charge < -0.3 is 10.5 Å². The van der Waals surface area contributed by atoms with Crippen LogP contribution in [0.25, 0.3) is 11.3 Å². The highest BCUT2D eigenvalue weighted by atomic mass is 35.5. The molecule has 0 radical (unpaired) electrons. The summed E-state index contributed by atoms with van der Waals surface area (Å²) in [6, 6.07) is 13.8. The molecule has 0 spiro atoms. The first-order chi connectivity index (χ1) is 7.83. The highest BCUT2D eigenvalue weighted by Gasteiger charge is 2.00. The standard InChI is InChI=1S/C13H14N2O.ClH/c1-16-13-4-2-3-12(15-13)11-7-5-10(9-14)6-8-11;/h2-8H,9,14H2,1H3;1H. The number of halogens is 1. The third kappa shape index (κ3) is 3.19. The lowest BCUT2D eigenvalue weighted by molar-refractivity contribution is 0.398. The summed E-state index contributed by atoms with van der Waals surface area (Å²) < 4.78 is 5.09. The van der Waals surface area contributed by atoms with Crippen LogP contribution in [0.4, 0.5) is 0 Å². The second kappa shape index (κ2) is 6.23. The van der Waals surface area contributed by atoms with Crippen LogP contribution in [0.3, 0.4) is 0 Å². The second-order valence-electron chi connectivity index (χ2n) is 3.47. The van der Waals surface area contributed by atoms with Crippen molar-refractivity contribution >= 4 is 12.4 Å². The first kappa shape index (κ1) is 13.5. The van der Waals surface area contributed by atoms with Gasteiger partial charge in [0.15, 0.2) is 0 Å². The lowest BCUT2D eigenvalue weighted by Crippen LogP contribution is -1.95. The smallest absolute Gasteiger partial charge is 0.213 e. The zero-order valence-electron chi connectivity index (χ0n) is 9.59. The van der Waals surface area contributed by atoms with Crippen molar-refractivity contribution in [2.24, 2.45) is 5.73 Å². The Morgan fingerprint density at radius 1 is 1.12 bits per heavy atom. The van der Waals surface area contributed by atoms with E-state index in [2.05, 4.69) is 4.98 Å². The van der Waals surface area contributed by atoms with E-state index in [9.17, 15) is 0 Å². The number of nitrogens with two attached hydrogens (primary N) is 1. The maximum atomic E-state index is 5.55. The lowest BCUT2D eigenvalue weighted by atomic mass is 10.1. The maximum absolute atomic E-state index is 5.55. The molecule has 0 aliphatic rings. The molecule has 1 aromatic carbocycles. The Bertz CT molecular complexity index is 471. The molecule has 17 heavy (non-hydrogen) atoms. The van der Waals surface area contributed by atoms with Crippen LogP contribution >= 0.6 is 12.4 Å². The fraction of sp³-hybridized carbons (Fsp3) is 0.154. The number of hydrogen-bond acceptors (Lipinski definition) is 3. The molecule has 90 valence electrons. The van der Waals surface area contributed by atoms with Crippen molar-refractivity contribution in [3.8, 4) is 17.1 Å². The molecule has 0 amide bonds. The first-order valence-corrected chi connectivity index (χ1v) is 5.14. The molecule has 1 heterocycles. The number of benzene rings is 1. The molecule has 0 unspecified atom stereocenters. The van der Waals surface area contributed by atoms with Gasteiger partial charge in [0, 0.05) is 18.2 Å². The summed E-state index contributed by atoms with van der Waals surface area (Å²) in [7, 11) is 1.61. The molecule has 2 aromatic rings. The van der Waals surface area contributed by atoms with Gasteiger partial charge in [-0.15, -0.1) is 12.4 Å². The number of methoxy groups -OCH3 is 1. The van der Waals surface area contributed by atoms with Crippen molar-refractivity contribution in [2.75, 3.05) is 7.11 Å². The summed E-state index contributed by atoms with van der Waals surface area (Å²) in [4.78, 5) is 4.36. The van der Waals surface area contributed by atoms with Crippen molar-refractivity contribution in [3.05, 3.63) is 48.0 Å². The molecular formula is C13H15ClN2O. The third-order valence-electron chi connectivity index (χ3n) is 2.42. The number of rotatable bonds is 3. The van der Waals surface area contributed by atoms with Gasteiger partial charge in [-0.05, 0) is 11.6 Å². The Morgan fingerprint density at radius 3 is 2.41 bits per heavy atom. The first-order valence-electron chi connectivity index (χ1n) is 5.14. The van der Waals surface area contributed by atoms with E-state index >= 15 is 0 Å². The van der Waals surface area contributed by atoms with Crippen LogP contribution in [0.1, 0.15) is 5.56 Å². The van der Waals surface area contributed by atoms with Gasteiger partial charge in [0.2, 0.25) is 5.88 Å². The SMILES string of the molecule is COc1cccc(-c2ccc(CN)cc2)n1.Cl. The average molecular weight is 251 g/mol. The van der Waals surface area contributed by atoms with Crippen LogP contribution in [0.2, 0.25) is 0 Å². The fourth-order valence-electron chi connectivity index (χ4n) is 1.50. The Balaban J connectivity index is 0.00000144. The zero-order valence-corrected chi connectivity index (χ0v) is 10.4. The van der Waals surface area contributed by atoms with Crippen LogP contribution in [0.5, 0.6) is 5.88 Å². The minimum absolute atomic E-state index is 0. The van der Waals surface area contributed by atoms with E-state index in [0.717, 1.165) is 16.8 Å². The molecule has 4 heteroatoms. The predicted molar refractivity (Wildman–Crippen MR) is 71.4 cm³/mol. The summed E-state index contributed by atoms with van der Waals surface area (Å²) in [5.74, 6) is 0.625. The molecule has 0 bridgehead atoms. The summed E-state index contributed by atoms with van der Waals surface area (Å²) in [5, 5.41) is 0. The Kier molecular flexibility index (Phi) is 4.94. The molecule has 0 saturated carbocycles. The molecule has 0 atom stereocenters. The van der Waals surface area contributed by atoms with Crippen molar-refractivity contribution in [2.45, 2.75) is 6.54 Å². The van der Waals surface area contributed by atoms with E-state index in [1.807, 2.05) is 42.5 Å². The minimum atomic E-state index is 0. The van der Waals surface area contributed by atoms with E-state index in [-0.39, 0.29) is 12.4 Å². The lowest BCUT2D eigenvalue weighted by Gasteiger charge is -2.04. The number of nitrogens with zero attached hydrogens (tertiary/aromatic N) is 1. The Morgan fingerprint density at radius 2 is 1.82 bits per heavy atom. The largest absolute Gasteiger partial charge is 0.481 e. The number of aromatic nitrogens is 1. The van der Waals surface area contributed by atoms with E-state index in [1.165, 1.54) is 0 Å². The van der Waals surface area contributed by atoms with Crippen molar-refractivity contribution in [3.63, 3.8) is 0 Å². The molecule has 0 fully saturated rings. The van der Waals surface area contributed by atoms with E-state index < -0.39 is 0 Å². The predicted octanol–water partition coefficient (Wildman–Crippen LogP) is 2.64. The van der Waals surface area contributed by atoms with Gasteiger partial charge in [-0.1, -0.05) is 30.3 Å². The van der Waals surface area contributed by atoms with Crippen LogP contribution in [0.15, 0.2) is 42.5 Å². The van der Waals surface area contributed by atoms with Crippen molar-refractivity contribution in [1.29, 1.82) is 0 Å². The summed E-state index contributed by atoms with van der Waals surface area (Å²) in [6.07, 6.45) is 0. The third-order valence-corrected chi connectivity index (χ3v) is 2.42. The molecule has 0 aliphatic heterocycles. The molecule has 2 rings (SSSR count). The molecule has 0 saturated heterocycles. The van der Waals surface area contributed by atoms with Gasteiger partial charge in [0.25, 0.3) is 0 Å². The van der Waals surface area contributed by atoms with E-state index in [4.69, 9.17) is 10.5 Å². The summed E-state index contributed by atoms with van der Waals surface area (Å²) in [5.41, 5.74) is 8.64. The van der Waals surface area contributed by atoms with Crippen molar-refractivity contribution in [1.82, 2.24) is 4.98 Å². The second-order valence-corrected chi connectivity index (χ2v) is 3.47. The summed E-state index contributed by atoms with van der Waals surface area (Å²) >= 11 is 0. The average Bonchev–Trinajstić information content (AvgIpc) is 2.39. The van der Waals surface area contributed by atoms with Gasteiger partial charge in [-0.3, -0.25) is 0 Å². The Labute approximate surface area is 107 Å². The van der Waals surface area contributed by atoms with Crippen LogP contribution in [0, 0.1) is 0 Å². The number of hydrogen-bond donors (Lipinski definition) is 1. The Hall–Kier alpha value is -1.58. The molecule has 0 aliphatic carbocycles. The fourth-order valence-corrected chi connectivity index (χ4v) is 1.50. The van der Waals surface area contributed by atoms with Crippen LogP contribution in [-0.2, 0) is 6.54 Å². The van der Waals surface area contributed by atoms with Gasteiger partial charge in [0.05, 0.1) is 12.8 Å². The van der Waals surface area contributed by atoms with Gasteiger partial charge >= 0.3 is 0 Å². The monoisotopic (exact) mass is 250 g/mol. The van der Waals surface area contributed by atoms with Crippen LogP contribution in [-0.4, -0.2) is 12.1 Å². The molecule has 1 aromatic heterocycles. The topological polar surface area (TPSA) is 48.1 Å². The molecule has 3 nitrogen and oxygen atoms in total. The van der Waals surface area contributed by atoms with Crippen molar-refractivity contribution < 1.29 is 4.74 Å². The normalized spacial score (nSPS) is 9.53.